The third-order valence-corrected chi connectivity index (χ3v) is 4.37. The summed E-state index contributed by atoms with van der Waals surface area (Å²) in [5.74, 6) is 0.870. The van der Waals surface area contributed by atoms with Crippen molar-refractivity contribution >= 4 is 17.3 Å². The van der Waals surface area contributed by atoms with Crippen LogP contribution in [0.15, 0.2) is 89.0 Å². The predicted molar refractivity (Wildman–Crippen MR) is 89.0 cm³/mol. The Bertz CT molecular complexity index is 901. The molecule has 4 aromatic rings. The van der Waals surface area contributed by atoms with Gasteiger partial charge in [-0.05, 0) is 36.4 Å². The SMILES string of the molecule is c1ccc(Sc2nc(-c3ccccn3)n3ccccc23)cc1. The monoisotopic (exact) mass is 303 g/mol. The average molecular weight is 303 g/mol. The van der Waals surface area contributed by atoms with Crippen LogP contribution in [-0.4, -0.2) is 14.4 Å². The van der Waals surface area contributed by atoms with E-state index in [1.807, 2.05) is 54.7 Å². The van der Waals surface area contributed by atoms with Crippen LogP contribution < -0.4 is 0 Å². The number of fused-ring (bicyclic) bond motifs is 1. The summed E-state index contributed by atoms with van der Waals surface area (Å²) >= 11 is 1.67. The molecule has 0 atom stereocenters. The summed E-state index contributed by atoms with van der Waals surface area (Å²) < 4.78 is 2.09. The van der Waals surface area contributed by atoms with Crippen molar-refractivity contribution in [3.8, 4) is 11.5 Å². The van der Waals surface area contributed by atoms with Gasteiger partial charge in [-0.3, -0.25) is 9.38 Å². The van der Waals surface area contributed by atoms with Crippen LogP contribution in [0.1, 0.15) is 0 Å². The molecule has 1 aromatic carbocycles. The van der Waals surface area contributed by atoms with E-state index < -0.39 is 0 Å². The van der Waals surface area contributed by atoms with Crippen LogP contribution in [0.2, 0.25) is 0 Å². The van der Waals surface area contributed by atoms with Crippen molar-refractivity contribution in [2.24, 2.45) is 0 Å². The van der Waals surface area contributed by atoms with Gasteiger partial charge in [0, 0.05) is 17.3 Å². The molecule has 0 bridgehead atoms. The Hall–Kier alpha value is -2.59. The largest absolute Gasteiger partial charge is 0.297 e. The Morgan fingerprint density at radius 2 is 1.64 bits per heavy atom. The first-order valence-electron chi connectivity index (χ1n) is 7.03. The standard InChI is InChI=1S/C18H13N3S/c1-2-8-14(9-3-1)22-18-16-11-5-7-13-21(16)17(20-18)15-10-4-6-12-19-15/h1-13H. The van der Waals surface area contributed by atoms with Gasteiger partial charge in [0.05, 0.1) is 5.52 Å². The van der Waals surface area contributed by atoms with Gasteiger partial charge in [0.1, 0.15) is 10.7 Å². The van der Waals surface area contributed by atoms with Crippen LogP contribution in [0.3, 0.4) is 0 Å². The van der Waals surface area contributed by atoms with Gasteiger partial charge in [0.25, 0.3) is 0 Å². The highest BCUT2D eigenvalue weighted by molar-refractivity contribution is 7.99. The molecule has 3 heterocycles. The van der Waals surface area contributed by atoms with Gasteiger partial charge < -0.3 is 0 Å². The first-order valence-corrected chi connectivity index (χ1v) is 7.85. The molecule has 0 aliphatic rings. The summed E-state index contributed by atoms with van der Waals surface area (Å²) in [5.41, 5.74) is 1.97. The first kappa shape index (κ1) is 13.1. The number of hydrogen-bond acceptors (Lipinski definition) is 3. The Morgan fingerprint density at radius 1 is 0.818 bits per heavy atom. The molecule has 4 heteroatoms. The summed E-state index contributed by atoms with van der Waals surface area (Å²) in [5, 5.41) is 0.993. The lowest BCUT2D eigenvalue weighted by molar-refractivity contribution is 1.12. The van der Waals surface area contributed by atoms with Gasteiger partial charge in [0.15, 0.2) is 5.82 Å². The lowest BCUT2D eigenvalue weighted by Crippen LogP contribution is -1.90. The molecule has 0 amide bonds. The number of pyridine rings is 2. The summed E-state index contributed by atoms with van der Waals surface area (Å²) in [7, 11) is 0. The van der Waals surface area contributed by atoms with Crippen LogP contribution >= 0.6 is 11.8 Å². The van der Waals surface area contributed by atoms with E-state index in [9.17, 15) is 0 Å². The number of aromatic nitrogens is 3. The fourth-order valence-corrected chi connectivity index (χ4v) is 3.28. The number of benzene rings is 1. The van der Waals surface area contributed by atoms with Crippen molar-refractivity contribution < 1.29 is 0 Å². The fourth-order valence-electron chi connectivity index (χ4n) is 2.36. The van der Waals surface area contributed by atoms with E-state index in [-0.39, 0.29) is 0 Å². The summed E-state index contributed by atoms with van der Waals surface area (Å²) in [6, 6.07) is 22.3. The van der Waals surface area contributed by atoms with E-state index in [1.54, 1.807) is 18.0 Å². The van der Waals surface area contributed by atoms with Crippen molar-refractivity contribution in [2.45, 2.75) is 9.92 Å². The molecule has 0 saturated heterocycles. The van der Waals surface area contributed by atoms with E-state index in [1.165, 1.54) is 4.90 Å². The van der Waals surface area contributed by atoms with Gasteiger partial charge in [-0.1, -0.05) is 42.1 Å². The third kappa shape index (κ3) is 2.38. The van der Waals surface area contributed by atoms with Crippen LogP contribution in [0.5, 0.6) is 0 Å². The molecule has 0 aliphatic carbocycles. The van der Waals surface area contributed by atoms with E-state index in [4.69, 9.17) is 4.98 Å². The second kappa shape index (κ2) is 5.66. The third-order valence-electron chi connectivity index (χ3n) is 3.37. The molecule has 3 aromatic heterocycles. The number of imidazole rings is 1. The minimum atomic E-state index is 0.870. The van der Waals surface area contributed by atoms with Gasteiger partial charge in [-0.25, -0.2) is 4.98 Å². The van der Waals surface area contributed by atoms with Crippen LogP contribution in [0.25, 0.3) is 17.0 Å². The minimum Gasteiger partial charge on any atom is -0.297 e. The topological polar surface area (TPSA) is 30.2 Å². The van der Waals surface area contributed by atoms with Gasteiger partial charge in [0.2, 0.25) is 0 Å². The summed E-state index contributed by atoms with van der Waals surface area (Å²) in [6.45, 7) is 0. The molecule has 4 rings (SSSR count). The molecular weight excluding hydrogens is 290 g/mol. The molecule has 106 valence electrons. The minimum absolute atomic E-state index is 0.870. The van der Waals surface area contributed by atoms with Crippen molar-refractivity contribution in [1.82, 2.24) is 14.4 Å². The van der Waals surface area contributed by atoms with Crippen LogP contribution in [-0.2, 0) is 0 Å². The molecular formula is C18H13N3S. The van der Waals surface area contributed by atoms with E-state index in [2.05, 4.69) is 27.6 Å². The quantitative estimate of drug-likeness (QED) is 0.556. The molecule has 3 nitrogen and oxygen atoms in total. The van der Waals surface area contributed by atoms with Crippen molar-refractivity contribution in [3.05, 3.63) is 79.1 Å². The maximum atomic E-state index is 4.82. The van der Waals surface area contributed by atoms with Crippen molar-refractivity contribution in [1.29, 1.82) is 0 Å². The number of rotatable bonds is 3. The number of nitrogens with zero attached hydrogens (tertiary/aromatic N) is 3. The Kier molecular flexibility index (Phi) is 3.37. The predicted octanol–water partition coefficient (Wildman–Crippen LogP) is 4.55. The highest BCUT2D eigenvalue weighted by atomic mass is 32.2. The zero-order chi connectivity index (χ0) is 14.8. The highest BCUT2D eigenvalue weighted by Crippen LogP contribution is 2.32. The summed E-state index contributed by atoms with van der Waals surface area (Å²) in [6.07, 6.45) is 3.82. The smallest absolute Gasteiger partial charge is 0.164 e. The second-order valence-electron chi connectivity index (χ2n) is 4.83. The van der Waals surface area contributed by atoms with Crippen LogP contribution in [0.4, 0.5) is 0 Å². The Labute approximate surface area is 132 Å². The lowest BCUT2D eigenvalue weighted by atomic mass is 10.3. The van der Waals surface area contributed by atoms with E-state index in [0.717, 1.165) is 22.1 Å². The first-order chi connectivity index (χ1) is 10.9. The second-order valence-corrected chi connectivity index (χ2v) is 5.89. The maximum absolute atomic E-state index is 4.82. The molecule has 0 unspecified atom stereocenters. The zero-order valence-electron chi connectivity index (χ0n) is 11.8. The van der Waals surface area contributed by atoms with E-state index >= 15 is 0 Å². The molecule has 0 N–H and O–H groups in total. The molecule has 0 aliphatic heterocycles. The highest BCUT2D eigenvalue weighted by Gasteiger charge is 2.13. The Balaban J connectivity index is 1.86. The number of hydrogen-bond donors (Lipinski definition) is 0. The zero-order valence-corrected chi connectivity index (χ0v) is 12.6. The van der Waals surface area contributed by atoms with Gasteiger partial charge in [-0.2, -0.15) is 0 Å². The van der Waals surface area contributed by atoms with Crippen molar-refractivity contribution in [2.75, 3.05) is 0 Å². The molecule has 0 radical (unpaired) electrons. The van der Waals surface area contributed by atoms with Gasteiger partial charge in [-0.15, -0.1) is 0 Å². The van der Waals surface area contributed by atoms with Crippen LogP contribution in [0, 0.1) is 0 Å². The maximum Gasteiger partial charge on any atom is 0.164 e. The molecule has 0 fully saturated rings. The Morgan fingerprint density at radius 3 is 2.45 bits per heavy atom. The lowest BCUT2D eigenvalue weighted by Gasteiger charge is -1.99. The van der Waals surface area contributed by atoms with Gasteiger partial charge >= 0.3 is 0 Å². The molecule has 22 heavy (non-hydrogen) atoms. The fraction of sp³-hybridized carbons (Fsp3) is 0. The van der Waals surface area contributed by atoms with Crippen molar-refractivity contribution in [3.63, 3.8) is 0 Å². The average Bonchev–Trinajstić information content (AvgIpc) is 2.96. The summed E-state index contributed by atoms with van der Waals surface area (Å²) in [4.78, 5) is 10.4. The van der Waals surface area contributed by atoms with E-state index in [0.29, 0.717) is 0 Å². The normalized spacial score (nSPS) is 10.9. The molecule has 0 spiro atoms. The molecule has 0 saturated carbocycles.